The van der Waals surface area contributed by atoms with E-state index in [1.807, 2.05) is 6.07 Å². The fraction of sp³-hybridized carbons (Fsp3) is 0.125. The van der Waals surface area contributed by atoms with Crippen molar-refractivity contribution in [1.29, 1.82) is 5.41 Å². The van der Waals surface area contributed by atoms with Crippen LogP contribution < -0.4 is 0 Å². The molecule has 3 aromatic rings. The van der Waals surface area contributed by atoms with Gasteiger partial charge >= 0.3 is 6.18 Å². The highest BCUT2D eigenvalue weighted by Gasteiger charge is 2.36. The molecule has 1 N–H and O–H groups in total. The Morgan fingerprint density at radius 2 is 1.91 bits per heavy atom. The second kappa shape index (κ2) is 8.35. The number of alkyl halides is 3. The molecule has 5 rings (SSSR count). The number of nitrogens with one attached hydrogen (secondary N) is 1. The van der Waals surface area contributed by atoms with Crippen molar-refractivity contribution in [2.75, 3.05) is 0 Å². The molecule has 0 spiro atoms. The summed E-state index contributed by atoms with van der Waals surface area (Å²) in [7, 11) is 0. The van der Waals surface area contributed by atoms with Gasteiger partial charge in [-0.05, 0) is 73.6 Å². The number of halogens is 3. The zero-order chi connectivity index (χ0) is 24.9. The second-order valence-corrected chi connectivity index (χ2v) is 8.83. The van der Waals surface area contributed by atoms with Gasteiger partial charge in [-0.1, -0.05) is 6.07 Å². The highest BCUT2D eigenvalue weighted by atomic mass is 32.2. The lowest BCUT2D eigenvalue weighted by Crippen LogP contribution is -2.35. The molecule has 1 amide bonds. The number of amidine groups is 2. The number of rotatable bonds is 3. The van der Waals surface area contributed by atoms with Gasteiger partial charge in [-0.25, -0.2) is 0 Å². The number of thioether (sulfide) groups is 1. The molecule has 2 aromatic heterocycles. The molecule has 0 aliphatic carbocycles. The molecule has 4 heterocycles. The Hall–Kier alpha value is -3.99. The van der Waals surface area contributed by atoms with E-state index in [0.717, 1.165) is 17.7 Å². The lowest BCUT2D eigenvalue weighted by Gasteiger charge is -2.20. The Bertz CT molecular complexity index is 1470. The van der Waals surface area contributed by atoms with E-state index in [1.54, 1.807) is 49.0 Å². The minimum atomic E-state index is -4.46. The van der Waals surface area contributed by atoms with Crippen molar-refractivity contribution in [3.63, 3.8) is 0 Å². The van der Waals surface area contributed by atoms with Crippen molar-refractivity contribution in [3.05, 3.63) is 88.5 Å². The lowest BCUT2D eigenvalue weighted by molar-refractivity contribution is -0.137. The van der Waals surface area contributed by atoms with Crippen LogP contribution >= 0.6 is 11.8 Å². The van der Waals surface area contributed by atoms with Gasteiger partial charge in [0, 0.05) is 35.0 Å². The molecule has 0 unspecified atom stereocenters. The van der Waals surface area contributed by atoms with Gasteiger partial charge in [-0.15, -0.1) is 0 Å². The number of aryl methyl sites for hydroxylation is 1. The summed E-state index contributed by atoms with van der Waals surface area (Å²) in [6, 6.07) is 10.4. The molecule has 176 valence electrons. The number of amides is 1. The number of hydrogen-bond donors (Lipinski definition) is 1. The first-order valence-electron chi connectivity index (χ1n) is 10.4. The molecule has 0 saturated carbocycles. The average molecular weight is 495 g/mol. The third-order valence-corrected chi connectivity index (χ3v) is 6.52. The van der Waals surface area contributed by atoms with Crippen molar-refractivity contribution >= 4 is 39.8 Å². The van der Waals surface area contributed by atoms with Crippen molar-refractivity contribution in [2.45, 2.75) is 20.0 Å². The summed E-state index contributed by atoms with van der Waals surface area (Å²) in [5.41, 5.74) is 2.28. The standard InChI is InChI=1S/C24H17F3N6OS/c1-13-9-16(14(2)32(13)18-7-3-6-17(11-18)24(25,26)27)10-19-20(28)33-23(30-21(19)34)35-22(31-33)15-5-4-8-29-12-15/h3-12,28H,1-2H3/b19-10+,28-20?. The molecule has 1 aromatic carbocycles. The van der Waals surface area contributed by atoms with Gasteiger partial charge in [0.25, 0.3) is 5.91 Å². The number of carbonyl (C=O) groups is 1. The van der Waals surface area contributed by atoms with Crippen LogP contribution in [0.5, 0.6) is 0 Å². The van der Waals surface area contributed by atoms with Crippen LogP contribution in [-0.2, 0) is 11.0 Å². The molecule has 0 radical (unpaired) electrons. The zero-order valence-corrected chi connectivity index (χ0v) is 19.3. The van der Waals surface area contributed by atoms with Gasteiger partial charge in [0.2, 0.25) is 5.17 Å². The van der Waals surface area contributed by atoms with E-state index in [-0.39, 0.29) is 16.6 Å². The highest BCUT2D eigenvalue weighted by Crippen LogP contribution is 2.33. The molecule has 0 bridgehead atoms. The number of pyridine rings is 1. The van der Waals surface area contributed by atoms with Gasteiger partial charge in [0.15, 0.2) is 5.84 Å². The van der Waals surface area contributed by atoms with Crippen molar-refractivity contribution in [3.8, 4) is 5.69 Å². The Labute approximate surface area is 202 Å². The maximum absolute atomic E-state index is 13.2. The van der Waals surface area contributed by atoms with E-state index in [2.05, 4.69) is 15.1 Å². The van der Waals surface area contributed by atoms with Gasteiger partial charge < -0.3 is 4.57 Å². The summed E-state index contributed by atoms with van der Waals surface area (Å²) < 4.78 is 41.3. The Morgan fingerprint density at radius 3 is 2.63 bits per heavy atom. The third-order valence-electron chi connectivity index (χ3n) is 5.56. The maximum Gasteiger partial charge on any atom is 0.416 e. The largest absolute Gasteiger partial charge is 0.416 e. The Morgan fingerprint density at radius 1 is 1.11 bits per heavy atom. The average Bonchev–Trinajstić information content (AvgIpc) is 3.37. The number of nitrogens with zero attached hydrogens (tertiary/aromatic N) is 5. The first kappa shape index (κ1) is 22.8. The minimum Gasteiger partial charge on any atom is -0.318 e. The quantitative estimate of drug-likeness (QED) is 0.509. The molecular weight excluding hydrogens is 477 g/mol. The monoisotopic (exact) mass is 494 g/mol. The molecule has 0 saturated heterocycles. The summed E-state index contributed by atoms with van der Waals surface area (Å²) in [6.07, 6.45) is 0.337. The fourth-order valence-electron chi connectivity index (χ4n) is 3.91. The van der Waals surface area contributed by atoms with Gasteiger partial charge in [0.1, 0.15) is 5.04 Å². The fourth-order valence-corrected chi connectivity index (χ4v) is 4.79. The van der Waals surface area contributed by atoms with Gasteiger partial charge in [0.05, 0.1) is 11.1 Å². The number of hydrogen-bond acceptors (Lipinski definition) is 5. The van der Waals surface area contributed by atoms with Crippen LogP contribution in [0.2, 0.25) is 0 Å². The number of hydrazone groups is 1. The van der Waals surface area contributed by atoms with Gasteiger partial charge in [-0.3, -0.25) is 15.2 Å². The predicted molar refractivity (Wildman–Crippen MR) is 129 cm³/mol. The van der Waals surface area contributed by atoms with E-state index >= 15 is 0 Å². The van der Waals surface area contributed by atoms with E-state index in [4.69, 9.17) is 5.41 Å². The maximum atomic E-state index is 13.2. The summed E-state index contributed by atoms with van der Waals surface area (Å²) in [5.74, 6) is -0.712. The summed E-state index contributed by atoms with van der Waals surface area (Å²) >= 11 is 1.17. The molecule has 0 atom stereocenters. The first-order chi connectivity index (χ1) is 16.6. The lowest BCUT2D eigenvalue weighted by atomic mass is 10.1. The van der Waals surface area contributed by atoms with Crippen molar-refractivity contribution < 1.29 is 18.0 Å². The number of benzene rings is 1. The first-order valence-corrected chi connectivity index (χ1v) is 11.2. The normalized spacial score (nSPS) is 17.1. The number of carbonyl (C=O) groups excluding carboxylic acids is 1. The predicted octanol–water partition coefficient (Wildman–Crippen LogP) is 5.18. The van der Waals surface area contributed by atoms with E-state index in [9.17, 15) is 18.0 Å². The Balaban J connectivity index is 1.51. The van der Waals surface area contributed by atoms with Crippen LogP contribution in [0.25, 0.3) is 11.8 Å². The topological polar surface area (TPSA) is 86.7 Å². The third kappa shape index (κ3) is 4.08. The van der Waals surface area contributed by atoms with Crippen LogP contribution in [-0.4, -0.2) is 36.5 Å². The number of fused-ring (bicyclic) bond motifs is 1. The molecule has 11 heteroatoms. The van der Waals surface area contributed by atoms with Crippen LogP contribution in [0.4, 0.5) is 13.2 Å². The van der Waals surface area contributed by atoms with Crippen molar-refractivity contribution in [2.24, 2.45) is 10.1 Å². The molecule has 7 nitrogen and oxygen atoms in total. The SMILES string of the molecule is Cc1cc(/C=C2\C(=N)N3N=C(c4cccnc4)SC3=NC2=O)c(C)n1-c1cccc(C(F)(F)F)c1. The molecule has 35 heavy (non-hydrogen) atoms. The highest BCUT2D eigenvalue weighted by molar-refractivity contribution is 8.27. The van der Waals surface area contributed by atoms with Crippen LogP contribution in [0.3, 0.4) is 0 Å². The van der Waals surface area contributed by atoms with Crippen LogP contribution in [0, 0.1) is 19.3 Å². The van der Waals surface area contributed by atoms with Gasteiger partial charge in [-0.2, -0.15) is 28.3 Å². The van der Waals surface area contributed by atoms with Crippen LogP contribution in [0.15, 0.2) is 70.5 Å². The van der Waals surface area contributed by atoms with Crippen LogP contribution in [0.1, 0.15) is 28.1 Å². The molecule has 2 aliphatic rings. The second-order valence-electron chi connectivity index (χ2n) is 7.88. The summed E-state index contributed by atoms with van der Waals surface area (Å²) in [6.45, 7) is 3.51. The number of aliphatic imine (C=N–C) groups is 1. The number of aromatic nitrogens is 2. The molecule has 0 fully saturated rings. The summed E-state index contributed by atoms with van der Waals surface area (Å²) in [5, 5.41) is 15.2. The molecule has 2 aliphatic heterocycles. The van der Waals surface area contributed by atoms with E-state index < -0.39 is 17.6 Å². The van der Waals surface area contributed by atoms with E-state index in [1.165, 1.54) is 28.9 Å². The molecular formula is C24H17F3N6OS. The summed E-state index contributed by atoms with van der Waals surface area (Å²) in [4.78, 5) is 21.0. The van der Waals surface area contributed by atoms with E-state index in [0.29, 0.717) is 27.7 Å². The minimum absolute atomic E-state index is 0.0369. The smallest absolute Gasteiger partial charge is 0.318 e. The van der Waals surface area contributed by atoms with Crippen molar-refractivity contribution in [1.82, 2.24) is 14.6 Å². The zero-order valence-electron chi connectivity index (χ0n) is 18.5. The Kier molecular flexibility index (Phi) is 5.43.